The van der Waals surface area contributed by atoms with Crippen molar-refractivity contribution in [1.29, 1.82) is 0 Å². The molecule has 0 aliphatic rings. The molecule has 0 unspecified atom stereocenters. The van der Waals surface area contributed by atoms with E-state index in [-0.39, 0.29) is 0 Å². The molecular weight excluding hydrogens is 140 g/mol. The third kappa shape index (κ3) is 1.49. The highest BCUT2D eigenvalue weighted by Gasteiger charge is 1.98. The van der Waals surface area contributed by atoms with Gasteiger partial charge in [-0.15, -0.1) is 0 Å². The predicted molar refractivity (Wildman–Crippen MR) is 46.6 cm³/mol. The summed E-state index contributed by atoms with van der Waals surface area (Å²) in [5, 5.41) is 0. The van der Waals surface area contributed by atoms with Crippen molar-refractivity contribution < 1.29 is 4.74 Å². The third-order valence-electron chi connectivity index (χ3n) is 1.37. The molecule has 0 fully saturated rings. The number of nitrogens with two attached hydrogens (primary N) is 1. The molecule has 3 heteroatoms. The van der Waals surface area contributed by atoms with Crippen LogP contribution in [-0.2, 0) is 0 Å². The molecular formula is C8H10N2O. The first-order valence-corrected chi connectivity index (χ1v) is 3.18. The Bertz CT molecular complexity index is 271. The summed E-state index contributed by atoms with van der Waals surface area (Å²) in [6.45, 7) is 3.40. The van der Waals surface area contributed by atoms with Gasteiger partial charge in [-0.05, 0) is 24.9 Å². The van der Waals surface area contributed by atoms with Gasteiger partial charge in [-0.1, -0.05) is 0 Å². The number of methoxy groups -OCH3 is 1. The van der Waals surface area contributed by atoms with E-state index in [9.17, 15) is 0 Å². The number of hydrogen-bond donors (Lipinski definition) is 1. The molecule has 0 aliphatic carbocycles. The predicted octanol–water partition coefficient (Wildman–Crippen LogP) is 1.61. The zero-order chi connectivity index (χ0) is 8.27. The topological polar surface area (TPSA) is 47.6 Å². The van der Waals surface area contributed by atoms with Crippen LogP contribution in [0.2, 0.25) is 0 Å². The minimum absolute atomic E-state index is 0.660. The lowest BCUT2D eigenvalue weighted by Crippen LogP contribution is -1.86. The number of aliphatic imine (C=N–C) groups is 1. The van der Waals surface area contributed by atoms with Gasteiger partial charge < -0.3 is 10.5 Å². The minimum Gasteiger partial charge on any atom is -0.494 e. The number of rotatable bonds is 2. The second kappa shape index (κ2) is 3.05. The summed E-state index contributed by atoms with van der Waals surface area (Å²) in [4.78, 5) is 3.75. The van der Waals surface area contributed by atoms with Gasteiger partial charge in [0.15, 0.2) is 0 Å². The number of nitrogens with zero attached hydrogens (tertiary/aromatic N) is 1. The second-order valence-electron chi connectivity index (χ2n) is 2.09. The molecule has 0 heterocycles. The molecule has 1 rings (SSSR count). The molecule has 2 N–H and O–H groups in total. The third-order valence-corrected chi connectivity index (χ3v) is 1.37. The van der Waals surface area contributed by atoms with Gasteiger partial charge in [0.2, 0.25) is 0 Å². The quantitative estimate of drug-likeness (QED) is 0.514. The molecule has 1 aromatic carbocycles. The van der Waals surface area contributed by atoms with Crippen LogP contribution in [0, 0.1) is 0 Å². The molecule has 0 amide bonds. The molecule has 1 aromatic rings. The van der Waals surface area contributed by atoms with Gasteiger partial charge in [0.25, 0.3) is 0 Å². The zero-order valence-corrected chi connectivity index (χ0v) is 6.37. The Hall–Kier alpha value is -1.51. The van der Waals surface area contributed by atoms with Crippen LogP contribution >= 0.6 is 0 Å². The lowest BCUT2D eigenvalue weighted by molar-refractivity contribution is 0.416. The summed E-state index contributed by atoms with van der Waals surface area (Å²) < 4.78 is 5.00. The first-order chi connectivity index (χ1) is 5.27. The van der Waals surface area contributed by atoms with Crippen LogP contribution in [-0.4, -0.2) is 13.8 Å². The van der Waals surface area contributed by atoms with Crippen LogP contribution in [0.3, 0.4) is 0 Å². The maximum Gasteiger partial charge on any atom is 0.144 e. The molecule has 11 heavy (non-hydrogen) atoms. The van der Waals surface area contributed by atoms with Crippen molar-refractivity contribution in [2.75, 3.05) is 12.8 Å². The molecule has 3 nitrogen and oxygen atoms in total. The summed E-state index contributed by atoms with van der Waals surface area (Å²) in [6.07, 6.45) is 0. The molecule has 0 spiro atoms. The summed E-state index contributed by atoms with van der Waals surface area (Å²) in [5.74, 6) is 0.689. The number of benzene rings is 1. The van der Waals surface area contributed by atoms with E-state index in [1.54, 1.807) is 25.3 Å². The standard InChI is InChI=1S/C8H10N2O/c1-10-7-5-6(9)3-4-8(7)11-2/h3-5H,1,9H2,2H3. The fourth-order valence-corrected chi connectivity index (χ4v) is 0.831. The van der Waals surface area contributed by atoms with Crippen molar-refractivity contribution in [1.82, 2.24) is 0 Å². The first-order valence-electron chi connectivity index (χ1n) is 3.18. The van der Waals surface area contributed by atoms with E-state index in [1.165, 1.54) is 0 Å². The average Bonchev–Trinajstić information content (AvgIpc) is 2.04. The van der Waals surface area contributed by atoms with E-state index < -0.39 is 0 Å². The summed E-state index contributed by atoms with van der Waals surface area (Å²) in [7, 11) is 1.58. The van der Waals surface area contributed by atoms with Crippen molar-refractivity contribution >= 4 is 18.1 Å². The van der Waals surface area contributed by atoms with Crippen LogP contribution in [0.1, 0.15) is 0 Å². The number of hydrogen-bond acceptors (Lipinski definition) is 3. The lowest BCUT2D eigenvalue weighted by atomic mass is 10.2. The number of ether oxygens (including phenoxy) is 1. The van der Waals surface area contributed by atoms with Gasteiger partial charge in [-0.2, -0.15) is 0 Å². The highest BCUT2D eigenvalue weighted by atomic mass is 16.5. The van der Waals surface area contributed by atoms with E-state index in [0.717, 1.165) is 0 Å². The van der Waals surface area contributed by atoms with Crippen LogP contribution in [0.5, 0.6) is 5.75 Å². The van der Waals surface area contributed by atoms with Crippen molar-refractivity contribution in [3.8, 4) is 5.75 Å². The Morgan fingerprint density at radius 3 is 2.82 bits per heavy atom. The van der Waals surface area contributed by atoms with Gasteiger partial charge in [-0.25, -0.2) is 0 Å². The molecule has 0 saturated carbocycles. The fraction of sp³-hybridized carbons (Fsp3) is 0.125. The van der Waals surface area contributed by atoms with Crippen molar-refractivity contribution in [2.24, 2.45) is 4.99 Å². The van der Waals surface area contributed by atoms with Gasteiger partial charge in [-0.3, -0.25) is 4.99 Å². The summed E-state index contributed by atoms with van der Waals surface area (Å²) >= 11 is 0. The molecule has 0 saturated heterocycles. The molecule has 0 aromatic heterocycles. The Morgan fingerprint density at radius 2 is 2.27 bits per heavy atom. The highest BCUT2D eigenvalue weighted by molar-refractivity contribution is 5.62. The van der Waals surface area contributed by atoms with Crippen molar-refractivity contribution in [3.63, 3.8) is 0 Å². The Balaban J connectivity index is 3.16. The second-order valence-corrected chi connectivity index (χ2v) is 2.09. The monoisotopic (exact) mass is 150 g/mol. The summed E-state index contributed by atoms with van der Waals surface area (Å²) in [5.41, 5.74) is 6.85. The normalized spacial score (nSPS) is 9.18. The minimum atomic E-state index is 0.660. The summed E-state index contributed by atoms with van der Waals surface area (Å²) in [6, 6.07) is 5.23. The smallest absolute Gasteiger partial charge is 0.144 e. The maximum atomic E-state index is 5.51. The van der Waals surface area contributed by atoms with Crippen molar-refractivity contribution in [3.05, 3.63) is 18.2 Å². The van der Waals surface area contributed by atoms with Crippen LogP contribution < -0.4 is 10.5 Å². The van der Waals surface area contributed by atoms with E-state index >= 15 is 0 Å². The SMILES string of the molecule is C=Nc1cc(N)ccc1OC. The van der Waals surface area contributed by atoms with Crippen molar-refractivity contribution in [2.45, 2.75) is 0 Å². The molecule has 0 aliphatic heterocycles. The fourth-order valence-electron chi connectivity index (χ4n) is 0.831. The van der Waals surface area contributed by atoms with E-state index in [1.807, 2.05) is 0 Å². The van der Waals surface area contributed by atoms with Gasteiger partial charge >= 0.3 is 0 Å². The largest absolute Gasteiger partial charge is 0.494 e. The average molecular weight is 150 g/mol. The Labute approximate surface area is 65.5 Å². The van der Waals surface area contributed by atoms with Gasteiger partial charge in [0, 0.05) is 5.69 Å². The van der Waals surface area contributed by atoms with Crippen LogP contribution in [0.4, 0.5) is 11.4 Å². The lowest BCUT2D eigenvalue weighted by Gasteiger charge is -2.03. The number of anilines is 1. The zero-order valence-electron chi connectivity index (χ0n) is 6.37. The van der Waals surface area contributed by atoms with Gasteiger partial charge in [0.05, 0.1) is 7.11 Å². The Kier molecular flexibility index (Phi) is 2.11. The highest BCUT2D eigenvalue weighted by Crippen LogP contribution is 2.28. The molecule has 58 valence electrons. The van der Waals surface area contributed by atoms with E-state index in [4.69, 9.17) is 10.5 Å². The van der Waals surface area contributed by atoms with Crippen LogP contribution in [0.25, 0.3) is 0 Å². The maximum absolute atomic E-state index is 5.51. The Morgan fingerprint density at radius 1 is 1.55 bits per heavy atom. The molecule has 0 radical (unpaired) electrons. The van der Waals surface area contributed by atoms with Gasteiger partial charge in [0.1, 0.15) is 11.4 Å². The molecule has 0 atom stereocenters. The molecule has 0 bridgehead atoms. The van der Waals surface area contributed by atoms with E-state index in [0.29, 0.717) is 17.1 Å². The van der Waals surface area contributed by atoms with E-state index in [2.05, 4.69) is 11.7 Å². The van der Waals surface area contributed by atoms with Crippen LogP contribution in [0.15, 0.2) is 23.2 Å². The first kappa shape index (κ1) is 7.60. The number of nitrogen functional groups attached to an aromatic ring is 1.